The predicted octanol–water partition coefficient (Wildman–Crippen LogP) is 3.39. The van der Waals surface area contributed by atoms with Gasteiger partial charge < -0.3 is 0 Å². The lowest BCUT2D eigenvalue weighted by Gasteiger charge is -2.10. The maximum atomic E-state index is 10.3. The van der Waals surface area contributed by atoms with E-state index < -0.39 is 0 Å². The number of isocyanates is 1. The van der Waals surface area contributed by atoms with Gasteiger partial charge in [-0.1, -0.05) is 11.6 Å². The van der Waals surface area contributed by atoms with Crippen LogP contribution >= 0.6 is 23.4 Å². The van der Waals surface area contributed by atoms with Gasteiger partial charge in [0.2, 0.25) is 6.08 Å². The molecule has 0 N–H and O–H groups in total. The van der Waals surface area contributed by atoms with Gasteiger partial charge in [0.05, 0.1) is 5.54 Å². The number of halogens is 1. The van der Waals surface area contributed by atoms with Crippen LogP contribution in [0.1, 0.15) is 18.4 Å². The highest BCUT2D eigenvalue weighted by atomic mass is 35.5. The van der Waals surface area contributed by atoms with Crippen molar-refractivity contribution < 1.29 is 4.79 Å². The topological polar surface area (TPSA) is 29.4 Å². The molecule has 2 rings (SSSR count). The Morgan fingerprint density at radius 1 is 1.47 bits per heavy atom. The van der Waals surface area contributed by atoms with Gasteiger partial charge in [-0.3, -0.25) is 0 Å². The molecule has 0 unspecified atom stereocenters. The van der Waals surface area contributed by atoms with Crippen molar-refractivity contribution in [3.63, 3.8) is 0 Å². The molecule has 0 aromatic heterocycles. The van der Waals surface area contributed by atoms with E-state index in [9.17, 15) is 4.79 Å². The summed E-state index contributed by atoms with van der Waals surface area (Å²) in [6, 6.07) is 5.84. The minimum Gasteiger partial charge on any atom is -0.211 e. The van der Waals surface area contributed by atoms with Crippen LogP contribution in [0.3, 0.4) is 0 Å². The summed E-state index contributed by atoms with van der Waals surface area (Å²) in [5, 5.41) is 0.698. The Morgan fingerprint density at radius 3 is 2.73 bits per heavy atom. The van der Waals surface area contributed by atoms with Gasteiger partial charge in [-0.05, 0) is 42.9 Å². The molecule has 4 heteroatoms. The molecule has 1 aliphatic rings. The quantitative estimate of drug-likeness (QED) is 0.460. The number of nitrogens with zero attached hydrogens (tertiary/aromatic N) is 1. The molecule has 0 aliphatic heterocycles. The third-order valence-electron chi connectivity index (χ3n) is 2.63. The lowest BCUT2D eigenvalue weighted by molar-refractivity contribution is 0.556. The molecule has 0 radical (unpaired) electrons. The highest BCUT2D eigenvalue weighted by Crippen LogP contribution is 2.50. The first-order valence-corrected chi connectivity index (χ1v) is 6.24. The fourth-order valence-electron chi connectivity index (χ4n) is 1.62. The van der Waals surface area contributed by atoms with Crippen LogP contribution in [-0.4, -0.2) is 12.3 Å². The van der Waals surface area contributed by atoms with Crippen molar-refractivity contribution in [3.05, 3.63) is 28.8 Å². The van der Waals surface area contributed by atoms with Crippen LogP contribution in [0.15, 0.2) is 28.1 Å². The van der Waals surface area contributed by atoms with E-state index in [4.69, 9.17) is 11.6 Å². The zero-order valence-corrected chi connectivity index (χ0v) is 9.86. The van der Waals surface area contributed by atoms with Gasteiger partial charge in [0, 0.05) is 9.92 Å². The van der Waals surface area contributed by atoms with Crippen molar-refractivity contribution in [1.82, 2.24) is 0 Å². The average molecular weight is 240 g/mol. The molecule has 0 heterocycles. The van der Waals surface area contributed by atoms with Crippen LogP contribution in [0.5, 0.6) is 0 Å². The minimum absolute atomic E-state index is 0.322. The average Bonchev–Trinajstić information content (AvgIpc) is 2.98. The Bertz CT molecular complexity index is 436. The Morgan fingerprint density at radius 2 is 2.20 bits per heavy atom. The number of hydrogen-bond acceptors (Lipinski definition) is 3. The number of benzene rings is 1. The molecular weight excluding hydrogens is 230 g/mol. The molecule has 0 saturated heterocycles. The normalized spacial score (nSPS) is 16.9. The number of carbonyl (C=O) groups excluding carboxylic acids is 1. The van der Waals surface area contributed by atoms with E-state index in [-0.39, 0.29) is 5.54 Å². The molecule has 0 spiro atoms. The van der Waals surface area contributed by atoms with Crippen LogP contribution in [0.2, 0.25) is 5.02 Å². The summed E-state index contributed by atoms with van der Waals surface area (Å²) in [7, 11) is 0. The Kier molecular flexibility index (Phi) is 2.87. The predicted molar refractivity (Wildman–Crippen MR) is 62.3 cm³/mol. The summed E-state index contributed by atoms with van der Waals surface area (Å²) in [6.07, 6.45) is 5.48. The van der Waals surface area contributed by atoms with Gasteiger partial charge in [0.15, 0.2) is 0 Å². The summed E-state index contributed by atoms with van der Waals surface area (Å²) in [5.74, 6) is 0. The van der Waals surface area contributed by atoms with Crippen LogP contribution < -0.4 is 0 Å². The van der Waals surface area contributed by atoms with E-state index in [2.05, 4.69) is 4.99 Å². The lowest BCUT2D eigenvalue weighted by Crippen LogP contribution is -2.02. The SMILES string of the molecule is CSc1cc(Cl)cc(C2(N=C=O)CC2)c1. The van der Waals surface area contributed by atoms with Crippen LogP contribution in [0.4, 0.5) is 0 Å². The highest BCUT2D eigenvalue weighted by molar-refractivity contribution is 7.98. The van der Waals surface area contributed by atoms with E-state index >= 15 is 0 Å². The first-order valence-electron chi connectivity index (χ1n) is 4.64. The monoisotopic (exact) mass is 239 g/mol. The smallest absolute Gasteiger partial charge is 0.211 e. The molecule has 0 amide bonds. The van der Waals surface area contributed by atoms with Crippen molar-refractivity contribution in [3.8, 4) is 0 Å². The molecule has 78 valence electrons. The first-order chi connectivity index (χ1) is 7.20. The minimum atomic E-state index is -0.322. The van der Waals surface area contributed by atoms with Crippen molar-refractivity contribution >= 4 is 29.4 Å². The molecule has 2 nitrogen and oxygen atoms in total. The van der Waals surface area contributed by atoms with E-state index in [1.54, 1.807) is 17.8 Å². The third kappa shape index (κ3) is 2.10. The summed E-state index contributed by atoms with van der Waals surface area (Å²) >= 11 is 7.64. The van der Waals surface area contributed by atoms with E-state index in [0.717, 1.165) is 23.3 Å². The summed E-state index contributed by atoms with van der Waals surface area (Å²) in [5.41, 5.74) is 0.708. The molecule has 1 saturated carbocycles. The van der Waals surface area contributed by atoms with Gasteiger partial charge in [0.25, 0.3) is 0 Å². The largest absolute Gasteiger partial charge is 0.235 e. The number of aliphatic imine (C=N–C) groups is 1. The summed E-state index contributed by atoms with van der Waals surface area (Å²) in [6.45, 7) is 0. The molecule has 0 atom stereocenters. The van der Waals surface area contributed by atoms with Gasteiger partial charge in [0.1, 0.15) is 0 Å². The Balaban J connectivity index is 2.44. The fraction of sp³-hybridized carbons (Fsp3) is 0.364. The molecule has 0 bridgehead atoms. The zero-order valence-electron chi connectivity index (χ0n) is 8.29. The fourth-order valence-corrected chi connectivity index (χ4v) is 2.41. The Hall–Kier alpha value is -0.760. The zero-order chi connectivity index (χ0) is 10.9. The van der Waals surface area contributed by atoms with E-state index in [1.165, 1.54) is 0 Å². The van der Waals surface area contributed by atoms with Crippen LogP contribution in [-0.2, 0) is 10.3 Å². The van der Waals surface area contributed by atoms with Crippen molar-refractivity contribution in [2.24, 2.45) is 4.99 Å². The highest BCUT2D eigenvalue weighted by Gasteiger charge is 2.45. The third-order valence-corrected chi connectivity index (χ3v) is 3.55. The number of hydrogen-bond donors (Lipinski definition) is 0. The molecule has 15 heavy (non-hydrogen) atoms. The molecular formula is C11H10ClNOS. The second-order valence-corrected chi connectivity index (χ2v) is 4.93. The van der Waals surface area contributed by atoms with Crippen molar-refractivity contribution in [2.75, 3.05) is 6.26 Å². The maximum Gasteiger partial charge on any atom is 0.235 e. The molecule has 1 aliphatic carbocycles. The van der Waals surface area contributed by atoms with Crippen molar-refractivity contribution in [1.29, 1.82) is 0 Å². The number of thioether (sulfide) groups is 1. The number of rotatable bonds is 3. The molecule has 1 aromatic carbocycles. The van der Waals surface area contributed by atoms with Gasteiger partial charge in [-0.2, -0.15) is 4.99 Å². The van der Waals surface area contributed by atoms with Crippen molar-refractivity contribution in [2.45, 2.75) is 23.3 Å². The van der Waals surface area contributed by atoms with Gasteiger partial charge in [-0.15, -0.1) is 11.8 Å². The Labute approximate surface area is 97.7 Å². The second-order valence-electron chi connectivity index (χ2n) is 3.61. The summed E-state index contributed by atoms with van der Waals surface area (Å²) < 4.78 is 0. The molecule has 1 aromatic rings. The second kappa shape index (κ2) is 4.01. The van der Waals surface area contributed by atoms with Crippen LogP contribution in [0.25, 0.3) is 0 Å². The van der Waals surface area contributed by atoms with E-state index in [1.807, 2.05) is 24.5 Å². The standard InChI is InChI=1S/C11H10ClNOS/c1-15-10-5-8(4-9(12)6-10)11(2-3-11)13-7-14/h4-6H,2-3H2,1H3. The van der Waals surface area contributed by atoms with Gasteiger partial charge in [-0.25, -0.2) is 4.79 Å². The maximum absolute atomic E-state index is 10.3. The van der Waals surface area contributed by atoms with E-state index in [0.29, 0.717) is 5.02 Å². The van der Waals surface area contributed by atoms with Crippen LogP contribution in [0, 0.1) is 0 Å². The first kappa shape index (κ1) is 10.7. The summed E-state index contributed by atoms with van der Waals surface area (Å²) in [4.78, 5) is 15.3. The molecule has 1 fully saturated rings. The van der Waals surface area contributed by atoms with Gasteiger partial charge >= 0.3 is 0 Å². The lowest BCUT2D eigenvalue weighted by atomic mass is 10.1.